The summed E-state index contributed by atoms with van der Waals surface area (Å²) >= 11 is 0. The van der Waals surface area contributed by atoms with E-state index in [1.165, 1.54) is 0 Å². The smallest absolute Gasteiger partial charge is 0.276 e. The molecule has 0 atom stereocenters. The average molecular weight is 194 g/mol. The standard InChI is InChI=1S/C9H14N4O/c1-6(2)5-7-8(14)13-4-3-10-9(13)12-11-7/h6H,3-5H2,1-2H3,(H,10,12). The summed E-state index contributed by atoms with van der Waals surface area (Å²) in [5.41, 5.74) is 0.584. The molecule has 0 radical (unpaired) electrons. The minimum atomic E-state index is 0.00806. The Balaban J connectivity index is 2.40. The van der Waals surface area contributed by atoms with E-state index >= 15 is 0 Å². The first-order valence-electron chi connectivity index (χ1n) is 4.88. The third-order valence-corrected chi connectivity index (χ3v) is 2.23. The van der Waals surface area contributed by atoms with E-state index in [-0.39, 0.29) is 5.56 Å². The molecular weight excluding hydrogens is 180 g/mol. The minimum absolute atomic E-state index is 0.00806. The van der Waals surface area contributed by atoms with E-state index < -0.39 is 0 Å². The van der Waals surface area contributed by atoms with Crippen molar-refractivity contribution in [3.05, 3.63) is 16.0 Å². The molecule has 0 amide bonds. The van der Waals surface area contributed by atoms with E-state index in [2.05, 4.69) is 29.4 Å². The van der Waals surface area contributed by atoms with Gasteiger partial charge in [-0.2, -0.15) is 0 Å². The SMILES string of the molecule is CC(C)Cc1nnc2n(c1=O)CCN2. The molecule has 14 heavy (non-hydrogen) atoms. The molecule has 0 saturated carbocycles. The van der Waals surface area contributed by atoms with Crippen molar-refractivity contribution in [1.82, 2.24) is 14.8 Å². The van der Waals surface area contributed by atoms with Crippen molar-refractivity contribution < 1.29 is 0 Å². The number of nitrogens with zero attached hydrogens (tertiary/aromatic N) is 3. The van der Waals surface area contributed by atoms with E-state index in [9.17, 15) is 4.79 Å². The lowest BCUT2D eigenvalue weighted by Gasteiger charge is -2.05. The molecule has 76 valence electrons. The monoisotopic (exact) mass is 194 g/mol. The number of fused-ring (bicyclic) bond motifs is 1. The number of rotatable bonds is 2. The van der Waals surface area contributed by atoms with Crippen LogP contribution in [0.1, 0.15) is 19.5 Å². The summed E-state index contributed by atoms with van der Waals surface area (Å²) in [4.78, 5) is 11.8. The third kappa shape index (κ3) is 1.49. The molecule has 1 aliphatic heterocycles. The van der Waals surface area contributed by atoms with E-state index in [0.717, 1.165) is 6.54 Å². The van der Waals surface area contributed by atoms with Crippen LogP contribution in [0.25, 0.3) is 0 Å². The molecule has 1 N–H and O–H groups in total. The molecule has 0 aromatic carbocycles. The predicted molar refractivity (Wildman–Crippen MR) is 53.3 cm³/mol. The molecule has 1 aromatic rings. The topological polar surface area (TPSA) is 59.8 Å². The fourth-order valence-corrected chi connectivity index (χ4v) is 1.59. The Morgan fingerprint density at radius 2 is 2.29 bits per heavy atom. The lowest BCUT2D eigenvalue weighted by molar-refractivity contribution is 0.604. The average Bonchev–Trinajstić information content (AvgIpc) is 2.57. The van der Waals surface area contributed by atoms with E-state index in [4.69, 9.17) is 0 Å². The second kappa shape index (κ2) is 3.40. The second-order valence-corrected chi connectivity index (χ2v) is 3.95. The number of hydrogen-bond acceptors (Lipinski definition) is 4. The van der Waals surface area contributed by atoms with Gasteiger partial charge in [0.25, 0.3) is 5.56 Å². The Hall–Kier alpha value is -1.39. The molecule has 0 bridgehead atoms. The van der Waals surface area contributed by atoms with Gasteiger partial charge in [0.05, 0.1) is 0 Å². The van der Waals surface area contributed by atoms with E-state index in [1.54, 1.807) is 4.57 Å². The summed E-state index contributed by atoms with van der Waals surface area (Å²) in [6.07, 6.45) is 0.701. The highest BCUT2D eigenvalue weighted by atomic mass is 16.1. The minimum Gasteiger partial charge on any atom is -0.352 e. The van der Waals surface area contributed by atoms with E-state index in [1.807, 2.05) is 0 Å². The van der Waals surface area contributed by atoms with Gasteiger partial charge in [-0.25, -0.2) is 0 Å². The normalized spacial score (nSPS) is 14.2. The molecule has 0 fully saturated rings. The maximum absolute atomic E-state index is 11.8. The lowest BCUT2D eigenvalue weighted by Crippen LogP contribution is -2.25. The van der Waals surface area contributed by atoms with Gasteiger partial charge in [0.2, 0.25) is 5.95 Å². The fourth-order valence-electron chi connectivity index (χ4n) is 1.59. The quantitative estimate of drug-likeness (QED) is 0.733. The zero-order chi connectivity index (χ0) is 10.1. The molecule has 1 aromatic heterocycles. The third-order valence-electron chi connectivity index (χ3n) is 2.23. The van der Waals surface area contributed by atoms with Crippen molar-refractivity contribution in [3.63, 3.8) is 0 Å². The summed E-state index contributed by atoms with van der Waals surface area (Å²) in [5, 5.41) is 10.9. The number of anilines is 1. The van der Waals surface area contributed by atoms with Crippen LogP contribution in [0.15, 0.2) is 4.79 Å². The first kappa shape index (κ1) is 9.18. The summed E-state index contributed by atoms with van der Waals surface area (Å²) in [5.74, 6) is 1.03. The van der Waals surface area contributed by atoms with Gasteiger partial charge in [-0.15, -0.1) is 10.2 Å². The zero-order valence-corrected chi connectivity index (χ0v) is 8.45. The number of nitrogens with one attached hydrogen (secondary N) is 1. The first-order valence-corrected chi connectivity index (χ1v) is 4.88. The van der Waals surface area contributed by atoms with Crippen molar-refractivity contribution in [2.75, 3.05) is 11.9 Å². The van der Waals surface area contributed by atoms with Crippen molar-refractivity contribution in [2.24, 2.45) is 5.92 Å². The van der Waals surface area contributed by atoms with Gasteiger partial charge in [0.15, 0.2) is 0 Å². The Morgan fingerprint density at radius 1 is 1.50 bits per heavy atom. The van der Waals surface area contributed by atoms with Crippen LogP contribution in [0, 0.1) is 5.92 Å². The predicted octanol–water partition coefficient (Wildman–Crippen LogP) is 0.262. The first-order chi connectivity index (χ1) is 6.68. The molecule has 2 rings (SSSR count). The Bertz CT molecular complexity index is 396. The van der Waals surface area contributed by atoms with Crippen LogP contribution in [0.3, 0.4) is 0 Å². The van der Waals surface area contributed by atoms with Gasteiger partial charge >= 0.3 is 0 Å². The molecule has 0 spiro atoms. The largest absolute Gasteiger partial charge is 0.352 e. The second-order valence-electron chi connectivity index (χ2n) is 3.95. The van der Waals surface area contributed by atoms with Crippen molar-refractivity contribution >= 4 is 5.95 Å². The van der Waals surface area contributed by atoms with Crippen LogP contribution >= 0.6 is 0 Å². The summed E-state index contributed by atoms with van der Waals surface area (Å²) in [7, 11) is 0. The zero-order valence-electron chi connectivity index (χ0n) is 8.45. The van der Waals surface area contributed by atoms with Gasteiger partial charge in [0, 0.05) is 13.1 Å². The molecule has 5 nitrogen and oxygen atoms in total. The van der Waals surface area contributed by atoms with Crippen molar-refractivity contribution in [1.29, 1.82) is 0 Å². The summed E-state index contributed by atoms with van der Waals surface area (Å²) in [6.45, 7) is 5.61. The summed E-state index contributed by atoms with van der Waals surface area (Å²) in [6, 6.07) is 0. The molecule has 0 unspecified atom stereocenters. The highest BCUT2D eigenvalue weighted by Gasteiger charge is 2.16. The molecule has 0 aliphatic carbocycles. The molecular formula is C9H14N4O. The van der Waals surface area contributed by atoms with Crippen LogP contribution in [0.5, 0.6) is 0 Å². The van der Waals surface area contributed by atoms with Crippen LogP contribution in [0.4, 0.5) is 5.95 Å². The maximum atomic E-state index is 11.8. The van der Waals surface area contributed by atoms with Gasteiger partial charge in [-0.1, -0.05) is 13.8 Å². The number of hydrogen-bond donors (Lipinski definition) is 1. The van der Waals surface area contributed by atoms with Gasteiger partial charge in [0.1, 0.15) is 5.69 Å². The molecule has 0 saturated heterocycles. The van der Waals surface area contributed by atoms with Crippen molar-refractivity contribution in [2.45, 2.75) is 26.8 Å². The van der Waals surface area contributed by atoms with Gasteiger partial charge < -0.3 is 5.32 Å². The van der Waals surface area contributed by atoms with Crippen LogP contribution in [0.2, 0.25) is 0 Å². The van der Waals surface area contributed by atoms with Crippen molar-refractivity contribution in [3.8, 4) is 0 Å². The fraction of sp³-hybridized carbons (Fsp3) is 0.667. The highest BCUT2D eigenvalue weighted by Crippen LogP contribution is 2.07. The van der Waals surface area contributed by atoms with Crippen LogP contribution in [-0.2, 0) is 13.0 Å². The molecule has 2 heterocycles. The Morgan fingerprint density at radius 3 is 3.00 bits per heavy atom. The highest BCUT2D eigenvalue weighted by molar-refractivity contribution is 5.28. The Labute approximate surface area is 82.2 Å². The van der Waals surface area contributed by atoms with Crippen LogP contribution in [-0.4, -0.2) is 21.3 Å². The number of aromatic nitrogens is 3. The van der Waals surface area contributed by atoms with Gasteiger partial charge in [-0.3, -0.25) is 9.36 Å². The van der Waals surface area contributed by atoms with Gasteiger partial charge in [-0.05, 0) is 12.3 Å². The molecule has 5 heteroatoms. The van der Waals surface area contributed by atoms with E-state index in [0.29, 0.717) is 30.5 Å². The summed E-state index contributed by atoms with van der Waals surface area (Å²) < 4.78 is 1.66. The Kier molecular flexibility index (Phi) is 2.23. The van der Waals surface area contributed by atoms with Crippen LogP contribution < -0.4 is 10.9 Å². The lowest BCUT2D eigenvalue weighted by atomic mass is 10.1. The molecule has 1 aliphatic rings. The maximum Gasteiger partial charge on any atom is 0.276 e.